The fourth-order valence-electron chi connectivity index (χ4n) is 1.91. The van der Waals surface area contributed by atoms with Crippen LogP contribution in [0.2, 0.25) is 0 Å². The normalized spacial score (nSPS) is 20.4. The van der Waals surface area contributed by atoms with Crippen molar-refractivity contribution in [2.45, 2.75) is 38.1 Å². The maximum atomic E-state index is 9.75. The van der Waals surface area contributed by atoms with E-state index in [0.29, 0.717) is 13.0 Å². The zero-order valence-corrected chi connectivity index (χ0v) is 11.0. The lowest BCUT2D eigenvalue weighted by atomic mass is 10.2. The third kappa shape index (κ3) is 5.44. The highest BCUT2D eigenvalue weighted by molar-refractivity contribution is 5.34. The quantitative estimate of drug-likeness (QED) is 0.844. The molecule has 1 aromatic rings. The first-order valence-electron chi connectivity index (χ1n) is 6.82. The summed E-state index contributed by atoms with van der Waals surface area (Å²) in [6, 6.07) is 9.65. The van der Waals surface area contributed by atoms with Gasteiger partial charge in [-0.2, -0.15) is 0 Å². The van der Waals surface area contributed by atoms with Gasteiger partial charge in [0.25, 0.3) is 0 Å². The molecular formula is C16H20O3. The Morgan fingerprint density at radius 1 is 1.32 bits per heavy atom. The Balaban J connectivity index is 1.67. The minimum Gasteiger partial charge on any atom is -0.380 e. The van der Waals surface area contributed by atoms with Crippen LogP contribution in [0, 0.1) is 11.8 Å². The summed E-state index contributed by atoms with van der Waals surface area (Å²) >= 11 is 0. The molecule has 1 heterocycles. The Bertz CT molecular complexity index is 413. The van der Waals surface area contributed by atoms with Crippen LogP contribution < -0.4 is 0 Å². The van der Waals surface area contributed by atoms with Gasteiger partial charge in [-0.25, -0.2) is 0 Å². The topological polar surface area (TPSA) is 38.7 Å². The van der Waals surface area contributed by atoms with E-state index in [9.17, 15) is 5.11 Å². The van der Waals surface area contributed by atoms with Crippen molar-refractivity contribution in [3.8, 4) is 11.8 Å². The van der Waals surface area contributed by atoms with E-state index in [2.05, 4.69) is 11.8 Å². The number of aliphatic hydroxyl groups excluding tert-OH is 1. The molecular weight excluding hydrogens is 240 g/mol. The van der Waals surface area contributed by atoms with Crippen LogP contribution in [0.25, 0.3) is 0 Å². The summed E-state index contributed by atoms with van der Waals surface area (Å²) < 4.78 is 11.0. The molecule has 2 rings (SSSR count). The van der Waals surface area contributed by atoms with E-state index < -0.39 is 6.10 Å². The van der Waals surface area contributed by atoms with Gasteiger partial charge < -0.3 is 14.6 Å². The summed E-state index contributed by atoms with van der Waals surface area (Å²) in [4.78, 5) is 0. The molecule has 102 valence electrons. The highest BCUT2D eigenvalue weighted by Gasteiger charge is 2.13. The van der Waals surface area contributed by atoms with Gasteiger partial charge >= 0.3 is 0 Å². The molecule has 1 aliphatic rings. The van der Waals surface area contributed by atoms with Crippen LogP contribution in [0.3, 0.4) is 0 Å². The molecule has 0 spiro atoms. The Labute approximate surface area is 114 Å². The predicted molar refractivity (Wildman–Crippen MR) is 73.5 cm³/mol. The maximum Gasteiger partial charge on any atom is 0.157 e. The third-order valence-corrected chi connectivity index (χ3v) is 2.99. The summed E-state index contributed by atoms with van der Waals surface area (Å²) in [6.45, 7) is 1.26. The standard InChI is InChI=1S/C16H20O3/c17-15(10-9-14-6-2-1-3-7-14)11-13-19-16-8-4-5-12-18-16/h1-3,6-7,15-17H,4-5,8,11-13H2/t15-,16?/m0/s1. The number of benzene rings is 1. The van der Waals surface area contributed by atoms with Crippen molar-refractivity contribution in [1.29, 1.82) is 0 Å². The number of hydrogen-bond acceptors (Lipinski definition) is 3. The van der Waals surface area contributed by atoms with Crippen molar-refractivity contribution < 1.29 is 14.6 Å². The van der Waals surface area contributed by atoms with Crippen LogP contribution in [-0.4, -0.2) is 30.7 Å². The SMILES string of the molecule is O[C@@H](C#Cc1ccccc1)CCOC1CCCCO1. The fraction of sp³-hybridized carbons (Fsp3) is 0.500. The van der Waals surface area contributed by atoms with Gasteiger partial charge in [0.05, 0.1) is 6.61 Å². The van der Waals surface area contributed by atoms with Gasteiger partial charge in [-0.3, -0.25) is 0 Å². The van der Waals surface area contributed by atoms with Gasteiger partial charge in [-0.1, -0.05) is 30.0 Å². The van der Waals surface area contributed by atoms with E-state index >= 15 is 0 Å². The highest BCUT2D eigenvalue weighted by atomic mass is 16.7. The van der Waals surface area contributed by atoms with E-state index in [0.717, 1.165) is 31.4 Å². The van der Waals surface area contributed by atoms with Gasteiger partial charge in [-0.05, 0) is 31.4 Å². The largest absolute Gasteiger partial charge is 0.380 e. The third-order valence-electron chi connectivity index (χ3n) is 2.99. The Hall–Kier alpha value is -1.34. The van der Waals surface area contributed by atoms with Crippen LogP contribution in [-0.2, 0) is 9.47 Å². The Kier molecular flexibility index (Phi) is 5.90. The zero-order chi connectivity index (χ0) is 13.3. The van der Waals surface area contributed by atoms with E-state index in [1.165, 1.54) is 0 Å². The molecule has 1 fully saturated rings. The van der Waals surface area contributed by atoms with Crippen molar-refractivity contribution in [2.75, 3.05) is 13.2 Å². The van der Waals surface area contributed by atoms with Gasteiger partial charge in [0, 0.05) is 18.6 Å². The maximum absolute atomic E-state index is 9.75. The summed E-state index contributed by atoms with van der Waals surface area (Å²) in [6.07, 6.45) is 2.99. The van der Waals surface area contributed by atoms with E-state index in [1.54, 1.807) is 0 Å². The molecule has 0 bridgehead atoms. The molecule has 0 saturated carbocycles. The van der Waals surface area contributed by atoms with Crippen LogP contribution in [0.4, 0.5) is 0 Å². The van der Waals surface area contributed by atoms with Crippen molar-refractivity contribution in [2.24, 2.45) is 0 Å². The average Bonchev–Trinajstić information content (AvgIpc) is 2.47. The number of rotatable bonds is 4. The lowest BCUT2D eigenvalue weighted by Crippen LogP contribution is -2.23. The number of aliphatic hydroxyl groups is 1. The van der Waals surface area contributed by atoms with Crippen LogP contribution in [0.5, 0.6) is 0 Å². The summed E-state index contributed by atoms with van der Waals surface area (Å²) in [7, 11) is 0. The van der Waals surface area contributed by atoms with Crippen LogP contribution in [0.15, 0.2) is 30.3 Å². The fourth-order valence-corrected chi connectivity index (χ4v) is 1.91. The molecule has 1 aromatic carbocycles. The molecule has 3 heteroatoms. The predicted octanol–water partition coefficient (Wildman–Crippen LogP) is 2.33. The smallest absolute Gasteiger partial charge is 0.157 e. The van der Waals surface area contributed by atoms with Crippen LogP contribution in [0.1, 0.15) is 31.2 Å². The summed E-state index contributed by atoms with van der Waals surface area (Å²) in [5.41, 5.74) is 0.915. The molecule has 1 saturated heterocycles. The Morgan fingerprint density at radius 3 is 2.89 bits per heavy atom. The van der Waals surface area contributed by atoms with Crippen molar-refractivity contribution in [3.63, 3.8) is 0 Å². The molecule has 1 aliphatic heterocycles. The lowest BCUT2D eigenvalue weighted by molar-refractivity contribution is -0.164. The van der Waals surface area contributed by atoms with Crippen LogP contribution >= 0.6 is 0 Å². The second kappa shape index (κ2) is 7.96. The molecule has 19 heavy (non-hydrogen) atoms. The summed E-state index contributed by atoms with van der Waals surface area (Å²) in [5.74, 6) is 5.77. The highest BCUT2D eigenvalue weighted by Crippen LogP contribution is 2.13. The zero-order valence-electron chi connectivity index (χ0n) is 11.0. The Morgan fingerprint density at radius 2 is 2.16 bits per heavy atom. The van der Waals surface area contributed by atoms with Gasteiger partial charge in [0.1, 0.15) is 6.10 Å². The first kappa shape index (κ1) is 14.1. The molecule has 0 amide bonds. The molecule has 0 aliphatic carbocycles. The monoisotopic (exact) mass is 260 g/mol. The second-order valence-electron chi connectivity index (χ2n) is 4.61. The van der Waals surface area contributed by atoms with E-state index in [4.69, 9.17) is 9.47 Å². The van der Waals surface area contributed by atoms with E-state index in [-0.39, 0.29) is 6.29 Å². The molecule has 3 nitrogen and oxygen atoms in total. The minimum atomic E-state index is -0.649. The molecule has 2 atom stereocenters. The molecule has 1 N–H and O–H groups in total. The van der Waals surface area contributed by atoms with Gasteiger partial charge in [0.2, 0.25) is 0 Å². The molecule has 1 unspecified atom stereocenters. The van der Waals surface area contributed by atoms with Crippen molar-refractivity contribution in [1.82, 2.24) is 0 Å². The van der Waals surface area contributed by atoms with E-state index in [1.807, 2.05) is 30.3 Å². The lowest BCUT2D eigenvalue weighted by Gasteiger charge is -2.22. The van der Waals surface area contributed by atoms with Gasteiger partial charge in [-0.15, -0.1) is 0 Å². The minimum absolute atomic E-state index is 0.0944. The average molecular weight is 260 g/mol. The molecule has 0 aromatic heterocycles. The van der Waals surface area contributed by atoms with Crippen molar-refractivity contribution >= 4 is 0 Å². The number of hydrogen-bond donors (Lipinski definition) is 1. The second-order valence-corrected chi connectivity index (χ2v) is 4.61. The molecule has 0 radical (unpaired) electrons. The van der Waals surface area contributed by atoms with Gasteiger partial charge in [0.15, 0.2) is 6.29 Å². The first-order valence-corrected chi connectivity index (χ1v) is 6.82. The number of ether oxygens (including phenoxy) is 2. The van der Waals surface area contributed by atoms with Crippen molar-refractivity contribution in [3.05, 3.63) is 35.9 Å². The summed E-state index contributed by atoms with van der Waals surface area (Å²) in [5, 5.41) is 9.75. The first-order chi connectivity index (χ1) is 9.34.